The van der Waals surface area contributed by atoms with E-state index < -0.39 is 0 Å². The number of hydrogen-bond donors (Lipinski definition) is 2. The molecule has 1 aromatic heterocycles. The van der Waals surface area contributed by atoms with Gasteiger partial charge in [0.2, 0.25) is 0 Å². The number of thiophene rings is 1. The van der Waals surface area contributed by atoms with Crippen LogP contribution >= 0.6 is 11.3 Å². The summed E-state index contributed by atoms with van der Waals surface area (Å²) >= 11 is 1.82. The minimum absolute atomic E-state index is 0.509. The van der Waals surface area contributed by atoms with Gasteiger partial charge >= 0.3 is 0 Å². The maximum absolute atomic E-state index is 5.05. The van der Waals surface area contributed by atoms with Gasteiger partial charge in [0, 0.05) is 46.4 Å². The molecule has 0 saturated carbocycles. The third-order valence-electron chi connectivity index (χ3n) is 3.69. The Labute approximate surface area is 131 Å². The molecular formula is C15H26N4OS. The number of nitrogens with zero attached hydrogens (tertiary/aromatic N) is 2. The maximum Gasteiger partial charge on any atom is 0.191 e. The Balaban J connectivity index is 1.69. The van der Waals surface area contributed by atoms with Gasteiger partial charge in [-0.15, -0.1) is 11.3 Å². The van der Waals surface area contributed by atoms with Crippen molar-refractivity contribution in [3.05, 3.63) is 17.5 Å². The molecule has 0 bridgehead atoms. The van der Waals surface area contributed by atoms with Crippen molar-refractivity contribution in [2.45, 2.75) is 25.3 Å². The first kappa shape index (κ1) is 16.1. The number of aliphatic imine (C=N–C) groups is 1. The second kappa shape index (κ2) is 8.89. The molecule has 118 valence electrons. The monoisotopic (exact) mass is 310 g/mol. The Hall–Kier alpha value is -1.27. The van der Waals surface area contributed by atoms with Crippen molar-refractivity contribution in [3.8, 4) is 0 Å². The average molecular weight is 310 g/mol. The summed E-state index contributed by atoms with van der Waals surface area (Å²) in [5.74, 6) is 0.903. The number of piperidine rings is 1. The highest BCUT2D eigenvalue weighted by Gasteiger charge is 2.20. The molecule has 0 unspecified atom stereocenters. The number of methoxy groups -OCH3 is 1. The van der Waals surface area contributed by atoms with Crippen LogP contribution in [0.2, 0.25) is 0 Å². The van der Waals surface area contributed by atoms with Crippen LogP contribution < -0.4 is 15.5 Å². The van der Waals surface area contributed by atoms with Crippen LogP contribution in [-0.4, -0.2) is 52.4 Å². The highest BCUT2D eigenvalue weighted by atomic mass is 32.1. The van der Waals surface area contributed by atoms with E-state index >= 15 is 0 Å². The normalized spacial score (nSPS) is 17.0. The highest BCUT2D eigenvalue weighted by Crippen LogP contribution is 2.24. The fraction of sp³-hybridized carbons (Fsp3) is 0.667. The molecule has 0 atom stereocenters. The van der Waals surface area contributed by atoms with Crippen molar-refractivity contribution < 1.29 is 4.74 Å². The Kier molecular flexibility index (Phi) is 6.82. The lowest BCUT2D eigenvalue weighted by molar-refractivity contribution is 0.195. The van der Waals surface area contributed by atoms with Crippen LogP contribution in [0.5, 0.6) is 0 Å². The van der Waals surface area contributed by atoms with E-state index in [9.17, 15) is 0 Å². The maximum atomic E-state index is 5.05. The number of rotatable bonds is 6. The van der Waals surface area contributed by atoms with Gasteiger partial charge in [0.25, 0.3) is 0 Å². The SMILES string of the molecule is CN=C(NCCCOC)NC1CCN(c2cccs2)CC1. The van der Waals surface area contributed by atoms with Crippen molar-refractivity contribution in [1.29, 1.82) is 0 Å². The van der Waals surface area contributed by atoms with Crippen LogP contribution in [0.15, 0.2) is 22.5 Å². The van der Waals surface area contributed by atoms with Crippen molar-refractivity contribution in [1.82, 2.24) is 10.6 Å². The predicted molar refractivity (Wildman–Crippen MR) is 90.5 cm³/mol. The van der Waals surface area contributed by atoms with E-state index in [-0.39, 0.29) is 0 Å². The minimum Gasteiger partial charge on any atom is -0.385 e. The quantitative estimate of drug-likeness (QED) is 0.479. The predicted octanol–water partition coefficient (Wildman–Crippen LogP) is 1.92. The highest BCUT2D eigenvalue weighted by molar-refractivity contribution is 7.14. The minimum atomic E-state index is 0.509. The molecular weight excluding hydrogens is 284 g/mol. The summed E-state index contributed by atoms with van der Waals surface area (Å²) < 4.78 is 5.05. The lowest BCUT2D eigenvalue weighted by Crippen LogP contribution is -2.48. The largest absolute Gasteiger partial charge is 0.385 e. The molecule has 1 fully saturated rings. The summed E-state index contributed by atoms with van der Waals surface area (Å²) in [4.78, 5) is 6.76. The van der Waals surface area contributed by atoms with Crippen LogP contribution in [-0.2, 0) is 4.74 Å². The second-order valence-electron chi connectivity index (χ2n) is 5.20. The number of guanidine groups is 1. The van der Waals surface area contributed by atoms with Gasteiger partial charge in [0.15, 0.2) is 5.96 Å². The van der Waals surface area contributed by atoms with Crippen LogP contribution in [0.1, 0.15) is 19.3 Å². The lowest BCUT2D eigenvalue weighted by atomic mass is 10.1. The van der Waals surface area contributed by atoms with Gasteiger partial charge < -0.3 is 20.3 Å². The van der Waals surface area contributed by atoms with Crippen molar-refractivity contribution in [3.63, 3.8) is 0 Å². The Morgan fingerprint density at radius 1 is 1.48 bits per heavy atom. The molecule has 5 nitrogen and oxygen atoms in total. The Morgan fingerprint density at radius 2 is 2.29 bits per heavy atom. The zero-order chi connectivity index (χ0) is 14.9. The molecule has 0 amide bonds. The summed E-state index contributed by atoms with van der Waals surface area (Å²) in [6, 6.07) is 4.83. The van der Waals surface area contributed by atoms with E-state index in [0.717, 1.165) is 51.5 Å². The van der Waals surface area contributed by atoms with Gasteiger partial charge in [-0.1, -0.05) is 0 Å². The van der Waals surface area contributed by atoms with Gasteiger partial charge in [-0.3, -0.25) is 4.99 Å². The molecule has 0 aromatic carbocycles. The van der Waals surface area contributed by atoms with E-state index in [1.165, 1.54) is 5.00 Å². The third-order valence-corrected chi connectivity index (χ3v) is 4.62. The molecule has 1 aromatic rings. The number of hydrogen-bond acceptors (Lipinski definition) is 4. The van der Waals surface area contributed by atoms with E-state index in [1.54, 1.807) is 7.11 Å². The molecule has 1 saturated heterocycles. The van der Waals surface area contributed by atoms with Gasteiger partial charge in [0.1, 0.15) is 0 Å². The Morgan fingerprint density at radius 3 is 2.90 bits per heavy atom. The first-order valence-corrected chi connectivity index (χ1v) is 8.46. The average Bonchev–Trinajstić information content (AvgIpc) is 3.05. The molecule has 1 aliphatic heterocycles. The van der Waals surface area contributed by atoms with Crippen LogP contribution in [0.25, 0.3) is 0 Å². The smallest absolute Gasteiger partial charge is 0.191 e. The Bertz CT molecular complexity index is 413. The molecule has 2 heterocycles. The first-order valence-electron chi connectivity index (χ1n) is 7.58. The molecule has 6 heteroatoms. The van der Waals surface area contributed by atoms with E-state index in [2.05, 4.69) is 38.0 Å². The zero-order valence-corrected chi connectivity index (χ0v) is 13.8. The van der Waals surface area contributed by atoms with Crippen LogP contribution in [0.3, 0.4) is 0 Å². The van der Waals surface area contributed by atoms with Crippen molar-refractivity contribution in [2.24, 2.45) is 4.99 Å². The molecule has 0 aliphatic carbocycles. The van der Waals surface area contributed by atoms with Gasteiger partial charge in [-0.05, 0) is 36.8 Å². The molecule has 0 radical (unpaired) electrons. The van der Waals surface area contributed by atoms with Gasteiger partial charge in [-0.2, -0.15) is 0 Å². The standard InChI is InChI=1S/C15H26N4OS/c1-16-15(17-8-4-11-20-2)18-13-6-9-19(10-7-13)14-5-3-12-21-14/h3,5,12-13H,4,6-11H2,1-2H3,(H2,16,17,18). The summed E-state index contributed by atoms with van der Waals surface area (Å²) in [5, 5.41) is 10.4. The number of anilines is 1. The third kappa shape index (κ3) is 5.21. The summed E-state index contributed by atoms with van der Waals surface area (Å²) in [6.45, 7) is 3.89. The molecule has 0 spiro atoms. The van der Waals surface area contributed by atoms with E-state index in [4.69, 9.17) is 4.74 Å². The zero-order valence-electron chi connectivity index (χ0n) is 13.0. The van der Waals surface area contributed by atoms with Crippen molar-refractivity contribution in [2.75, 3.05) is 45.3 Å². The lowest BCUT2D eigenvalue weighted by Gasteiger charge is -2.33. The molecule has 2 rings (SSSR count). The fourth-order valence-electron chi connectivity index (χ4n) is 2.51. The van der Waals surface area contributed by atoms with E-state index in [1.807, 2.05) is 18.4 Å². The van der Waals surface area contributed by atoms with Gasteiger partial charge in [0.05, 0.1) is 5.00 Å². The van der Waals surface area contributed by atoms with Crippen molar-refractivity contribution >= 4 is 22.3 Å². The van der Waals surface area contributed by atoms with E-state index in [0.29, 0.717) is 6.04 Å². The first-order chi connectivity index (χ1) is 10.3. The number of ether oxygens (including phenoxy) is 1. The topological polar surface area (TPSA) is 48.9 Å². The molecule has 1 aliphatic rings. The summed E-state index contributed by atoms with van der Waals surface area (Å²) in [6.07, 6.45) is 3.29. The molecule has 2 N–H and O–H groups in total. The van der Waals surface area contributed by atoms with Crippen LogP contribution in [0, 0.1) is 0 Å². The summed E-state index contributed by atoms with van der Waals surface area (Å²) in [7, 11) is 3.56. The molecule has 21 heavy (non-hydrogen) atoms. The summed E-state index contributed by atoms with van der Waals surface area (Å²) in [5.41, 5.74) is 0. The van der Waals surface area contributed by atoms with Crippen LogP contribution in [0.4, 0.5) is 5.00 Å². The van der Waals surface area contributed by atoms with Gasteiger partial charge in [-0.25, -0.2) is 0 Å². The fourth-order valence-corrected chi connectivity index (χ4v) is 3.29. The second-order valence-corrected chi connectivity index (χ2v) is 6.13. The number of nitrogens with one attached hydrogen (secondary N) is 2.